The van der Waals surface area contributed by atoms with Gasteiger partial charge in [-0.25, -0.2) is 0 Å². The largest absolute Gasteiger partial charge is 0.361 e. The van der Waals surface area contributed by atoms with E-state index in [1.54, 1.807) is 0 Å². The lowest BCUT2D eigenvalue weighted by atomic mass is 10.0. The third-order valence-corrected chi connectivity index (χ3v) is 4.10. The maximum atomic E-state index is 12.2. The molecule has 1 N–H and O–H groups in total. The monoisotopic (exact) mass is 315 g/mol. The summed E-state index contributed by atoms with van der Waals surface area (Å²) in [4.78, 5) is 14.3. The highest BCUT2D eigenvalue weighted by Crippen LogP contribution is 2.12. The Bertz CT molecular complexity index is 615. The van der Waals surface area contributed by atoms with Gasteiger partial charge < -0.3 is 14.7 Å². The molecule has 1 heterocycles. The van der Waals surface area contributed by atoms with Crippen molar-refractivity contribution in [1.29, 1.82) is 0 Å². The molecule has 0 aliphatic heterocycles. The Balaban J connectivity index is 1.90. The van der Waals surface area contributed by atoms with Gasteiger partial charge in [0.1, 0.15) is 5.76 Å². The number of hydrogen-bond acceptors (Lipinski definition) is 4. The van der Waals surface area contributed by atoms with Gasteiger partial charge >= 0.3 is 0 Å². The van der Waals surface area contributed by atoms with E-state index >= 15 is 0 Å². The van der Waals surface area contributed by atoms with Crippen LogP contribution < -0.4 is 5.32 Å². The smallest absolute Gasteiger partial charge is 0.224 e. The summed E-state index contributed by atoms with van der Waals surface area (Å²) in [5.41, 5.74) is 2.93. The minimum absolute atomic E-state index is 0.000637. The second-order valence-electron chi connectivity index (χ2n) is 6.09. The van der Waals surface area contributed by atoms with Gasteiger partial charge in [0.25, 0.3) is 0 Å². The molecule has 0 spiro atoms. The summed E-state index contributed by atoms with van der Waals surface area (Å²) in [7, 11) is 4.07. The Kier molecular flexibility index (Phi) is 5.93. The zero-order valence-electron chi connectivity index (χ0n) is 14.3. The molecule has 1 aromatic carbocycles. The summed E-state index contributed by atoms with van der Waals surface area (Å²) in [6.07, 6.45) is 1.21. The number of rotatable bonds is 7. The molecule has 2 rings (SSSR count). The quantitative estimate of drug-likeness (QED) is 0.850. The molecule has 124 valence electrons. The molecular formula is C18H25N3O2. The Morgan fingerprint density at radius 1 is 1.26 bits per heavy atom. The molecule has 0 fully saturated rings. The van der Waals surface area contributed by atoms with E-state index in [0.717, 1.165) is 17.7 Å². The third kappa shape index (κ3) is 4.93. The van der Waals surface area contributed by atoms with Crippen LogP contribution in [-0.4, -0.2) is 42.6 Å². The fourth-order valence-corrected chi connectivity index (χ4v) is 2.53. The summed E-state index contributed by atoms with van der Waals surface area (Å²) in [5, 5.41) is 6.91. The van der Waals surface area contributed by atoms with Crippen LogP contribution in [0.5, 0.6) is 0 Å². The lowest BCUT2D eigenvalue weighted by Crippen LogP contribution is -2.42. The average molecular weight is 315 g/mol. The van der Waals surface area contributed by atoms with E-state index in [2.05, 4.69) is 27.5 Å². The summed E-state index contributed by atoms with van der Waals surface area (Å²) < 4.78 is 5.10. The number of benzene rings is 1. The van der Waals surface area contributed by atoms with Gasteiger partial charge in [-0.2, -0.15) is 0 Å². The molecule has 2 aromatic rings. The van der Waals surface area contributed by atoms with E-state index in [1.165, 1.54) is 5.56 Å². The second-order valence-corrected chi connectivity index (χ2v) is 6.09. The van der Waals surface area contributed by atoms with E-state index < -0.39 is 0 Å². The number of hydrogen-bond donors (Lipinski definition) is 1. The zero-order valence-corrected chi connectivity index (χ0v) is 14.3. The molecule has 1 atom stereocenters. The van der Waals surface area contributed by atoms with E-state index in [9.17, 15) is 4.79 Å². The molecule has 0 bridgehead atoms. The number of aromatic nitrogens is 1. The Morgan fingerprint density at radius 3 is 2.52 bits per heavy atom. The number of aryl methyl sites for hydroxylation is 2. The van der Waals surface area contributed by atoms with Crippen molar-refractivity contribution in [3.63, 3.8) is 0 Å². The Morgan fingerprint density at radius 2 is 1.96 bits per heavy atom. The van der Waals surface area contributed by atoms with Gasteiger partial charge in [-0.1, -0.05) is 35.5 Å². The van der Waals surface area contributed by atoms with Crippen molar-refractivity contribution in [2.75, 3.05) is 20.6 Å². The van der Waals surface area contributed by atoms with Crippen LogP contribution in [0.1, 0.15) is 22.6 Å². The molecule has 23 heavy (non-hydrogen) atoms. The van der Waals surface area contributed by atoms with Crippen LogP contribution in [0.25, 0.3) is 0 Å². The van der Waals surface area contributed by atoms with Crippen molar-refractivity contribution in [2.45, 2.75) is 32.7 Å². The number of carbonyl (C=O) groups excluding carboxylic acids is 1. The number of amides is 1. The summed E-state index contributed by atoms with van der Waals surface area (Å²) >= 11 is 0. The highest BCUT2D eigenvalue weighted by atomic mass is 16.5. The Hall–Kier alpha value is -2.14. The minimum atomic E-state index is -0.000637. The first-order chi connectivity index (χ1) is 11.0. The van der Waals surface area contributed by atoms with E-state index in [1.807, 2.05) is 46.1 Å². The standard InChI is InChI=1S/C18H25N3O2/c1-13-17(14(2)23-20-13)11-18(22)19-12-16(21(3)4)10-15-8-6-5-7-9-15/h5-9,16H,10-12H2,1-4H3,(H,19,22)/t16-/m1/s1. The molecule has 0 saturated heterocycles. The highest BCUT2D eigenvalue weighted by Gasteiger charge is 2.16. The summed E-state index contributed by atoms with van der Waals surface area (Å²) in [5.74, 6) is 0.713. The molecule has 5 heteroatoms. The van der Waals surface area contributed by atoms with E-state index in [-0.39, 0.29) is 11.9 Å². The number of nitrogens with zero attached hydrogens (tertiary/aromatic N) is 2. The minimum Gasteiger partial charge on any atom is -0.361 e. The van der Waals surface area contributed by atoms with Crippen LogP contribution in [0, 0.1) is 13.8 Å². The van der Waals surface area contributed by atoms with Crippen molar-refractivity contribution in [3.05, 3.63) is 52.9 Å². The highest BCUT2D eigenvalue weighted by molar-refractivity contribution is 5.79. The molecule has 0 unspecified atom stereocenters. The summed E-state index contributed by atoms with van der Waals surface area (Å²) in [6.45, 7) is 4.31. The maximum Gasteiger partial charge on any atom is 0.224 e. The van der Waals surface area contributed by atoms with Crippen LogP contribution >= 0.6 is 0 Å². The van der Waals surface area contributed by atoms with Crippen LogP contribution in [0.4, 0.5) is 0 Å². The van der Waals surface area contributed by atoms with Crippen molar-refractivity contribution in [3.8, 4) is 0 Å². The predicted octanol–water partition coefficient (Wildman–Crippen LogP) is 2.12. The first-order valence-electron chi connectivity index (χ1n) is 7.86. The normalized spacial score (nSPS) is 12.4. The van der Waals surface area contributed by atoms with Crippen LogP contribution in [0.3, 0.4) is 0 Å². The molecular weight excluding hydrogens is 290 g/mol. The molecule has 1 amide bonds. The SMILES string of the molecule is Cc1noc(C)c1CC(=O)NC[C@@H](Cc1ccccc1)N(C)C. The van der Waals surface area contributed by atoms with E-state index in [0.29, 0.717) is 18.7 Å². The van der Waals surface area contributed by atoms with Crippen molar-refractivity contribution < 1.29 is 9.32 Å². The van der Waals surface area contributed by atoms with Gasteiger partial charge in [-0.15, -0.1) is 0 Å². The van der Waals surface area contributed by atoms with Crippen molar-refractivity contribution >= 4 is 5.91 Å². The van der Waals surface area contributed by atoms with Crippen molar-refractivity contribution in [1.82, 2.24) is 15.4 Å². The van der Waals surface area contributed by atoms with Gasteiger partial charge in [-0.3, -0.25) is 4.79 Å². The fraction of sp³-hybridized carbons (Fsp3) is 0.444. The van der Waals surface area contributed by atoms with Crippen molar-refractivity contribution in [2.24, 2.45) is 0 Å². The lowest BCUT2D eigenvalue weighted by Gasteiger charge is -2.24. The number of nitrogens with one attached hydrogen (secondary N) is 1. The molecule has 0 saturated carbocycles. The molecule has 1 aromatic heterocycles. The first-order valence-corrected chi connectivity index (χ1v) is 7.86. The van der Waals surface area contributed by atoms with Crippen LogP contribution in [0.15, 0.2) is 34.9 Å². The second kappa shape index (κ2) is 7.92. The first kappa shape index (κ1) is 17.2. The predicted molar refractivity (Wildman–Crippen MR) is 90.3 cm³/mol. The zero-order chi connectivity index (χ0) is 16.8. The number of carbonyl (C=O) groups is 1. The van der Waals surface area contributed by atoms with Gasteiger partial charge in [0.2, 0.25) is 5.91 Å². The topological polar surface area (TPSA) is 58.4 Å². The third-order valence-electron chi connectivity index (χ3n) is 4.10. The van der Waals surface area contributed by atoms with Gasteiger partial charge in [0, 0.05) is 18.2 Å². The molecule has 0 radical (unpaired) electrons. The molecule has 0 aliphatic rings. The molecule has 5 nitrogen and oxygen atoms in total. The Labute approximate surface area is 137 Å². The van der Waals surface area contributed by atoms with Gasteiger partial charge in [0.15, 0.2) is 0 Å². The maximum absolute atomic E-state index is 12.2. The van der Waals surface area contributed by atoms with Crippen LogP contribution in [-0.2, 0) is 17.6 Å². The van der Waals surface area contributed by atoms with Gasteiger partial charge in [0.05, 0.1) is 12.1 Å². The molecule has 0 aliphatic carbocycles. The average Bonchev–Trinajstić information content (AvgIpc) is 2.84. The number of likely N-dealkylation sites (N-methyl/N-ethyl adjacent to an activating group) is 1. The lowest BCUT2D eigenvalue weighted by molar-refractivity contribution is -0.120. The van der Waals surface area contributed by atoms with Crippen LogP contribution in [0.2, 0.25) is 0 Å². The van der Waals surface area contributed by atoms with Gasteiger partial charge in [-0.05, 0) is 39.9 Å². The fourth-order valence-electron chi connectivity index (χ4n) is 2.53. The summed E-state index contributed by atoms with van der Waals surface area (Å²) in [6, 6.07) is 10.6. The van der Waals surface area contributed by atoms with E-state index in [4.69, 9.17) is 4.52 Å².